The van der Waals surface area contributed by atoms with Gasteiger partial charge in [-0.05, 0) is 73.9 Å². The molecule has 0 fully saturated rings. The molecule has 0 saturated carbocycles. The summed E-state index contributed by atoms with van der Waals surface area (Å²) in [6.07, 6.45) is 7.10. The van der Waals surface area contributed by atoms with Crippen LogP contribution in [-0.2, 0) is 9.47 Å². The summed E-state index contributed by atoms with van der Waals surface area (Å²) < 4.78 is 10.4. The molecule has 166 valence electrons. The third kappa shape index (κ3) is 20.8. The Balaban J connectivity index is 3.28. The Kier molecular flexibility index (Phi) is 13.7. The molecule has 3 N–H and O–H groups in total. The molecule has 28 heavy (non-hydrogen) atoms. The van der Waals surface area contributed by atoms with Gasteiger partial charge in [-0.15, -0.1) is 0 Å². The second kappa shape index (κ2) is 14.5. The molecule has 0 aromatic heterocycles. The lowest BCUT2D eigenvalue weighted by Crippen LogP contribution is -2.34. The van der Waals surface area contributed by atoms with Crippen LogP contribution >= 0.6 is 0 Å². The first-order valence-electron chi connectivity index (χ1n) is 10.6. The Hall–Kier alpha value is -1.50. The molecular formula is C21H43N3O4. The maximum Gasteiger partial charge on any atom is 0.407 e. The van der Waals surface area contributed by atoms with Crippen LogP contribution in [0.1, 0.15) is 86.5 Å². The predicted octanol–water partition coefficient (Wildman–Crippen LogP) is 4.36. The quantitative estimate of drug-likeness (QED) is 0.399. The zero-order chi connectivity index (χ0) is 21.5. The molecule has 0 spiro atoms. The molecule has 2 amide bonds. The van der Waals surface area contributed by atoms with E-state index in [0.29, 0.717) is 13.1 Å². The number of unbranched alkanes of at least 4 members (excludes halogenated alkanes) is 5. The van der Waals surface area contributed by atoms with Gasteiger partial charge in [0.2, 0.25) is 0 Å². The van der Waals surface area contributed by atoms with Crippen molar-refractivity contribution in [2.45, 2.75) is 97.7 Å². The molecule has 0 rings (SSSR count). The van der Waals surface area contributed by atoms with E-state index in [-0.39, 0.29) is 12.2 Å². The van der Waals surface area contributed by atoms with Crippen molar-refractivity contribution in [1.29, 1.82) is 0 Å². The molecule has 0 aromatic carbocycles. The Bertz CT molecular complexity index is 388. The third-order valence-corrected chi connectivity index (χ3v) is 3.65. The number of carbonyl (C=O) groups is 2. The van der Waals surface area contributed by atoms with Gasteiger partial charge in [0.25, 0.3) is 0 Å². The molecular weight excluding hydrogens is 358 g/mol. The average molecular weight is 402 g/mol. The Morgan fingerprint density at radius 2 is 0.929 bits per heavy atom. The number of alkyl carbamates (subject to hydrolysis) is 2. The van der Waals surface area contributed by atoms with Gasteiger partial charge in [0.05, 0.1) is 0 Å². The lowest BCUT2D eigenvalue weighted by Gasteiger charge is -2.19. The van der Waals surface area contributed by atoms with Crippen molar-refractivity contribution >= 4 is 12.2 Å². The number of nitrogens with one attached hydrogen (secondary N) is 3. The highest BCUT2D eigenvalue weighted by Crippen LogP contribution is 2.08. The van der Waals surface area contributed by atoms with Crippen molar-refractivity contribution in [3.8, 4) is 0 Å². The number of hydrogen-bond acceptors (Lipinski definition) is 5. The van der Waals surface area contributed by atoms with E-state index in [4.69, 9.17) is 9.47 Å². The van der Waals surface area contributed by atoms with Crippen molar-refractivity contribution in [3.05, 3.63) is 0 Å². The number of rotatable bonds is 13. The summed E-state index contributed by atoms with van der Waals surface area (Å²) in [5.41, 5.74) is -0.885. The standard InChI is InChI=1S/C21H43N3O4/c1-20(2,3)27-18(25)23-16-12-10-8-7-9-11-14-22-15-13-17-24-19(26)28-21(4,5)6/h22H,7-17H2,1-6H3,(H,23,25)(H,24,26). The van der Waals surface area contributed by atoms with E-state index >= 15 is 0 Å². The highest BCUT2D eigenvalue weighted by atomic mass is 16.6. The fourth-order valence-corrected chi connectivity index (χ4v) is 2.43. The molecule has 0 atom stereocenters. The predicted molar refractivity (Wildman–Crippen MR) is 114 cm³/mol. The second-order valence-corrected chi connectivity index (χ2v) is 9.08. The molecule has 0 heterocycles. The van der Waals surface area contributed by atoms with Crippen molar-refractivity contribution in [3.63, 3.8) is 0 Å². The Morgan fingerprint density at radius 3 is 1.39 bits per heavy atom. The lowest BCUT2D eigenvalue weighted by molar-refractivity contribution is 0.0515. The summed E-state index contributed by atoms with van der Waals surface area (Å²) >= 11 is 0. The number of ether oxygens (including phenoxy) is 2. The first-order valence-corrected chi connectivity index (χ1v) is 10.6. The molecule has 0 radical (unpaired) electrons. The highest BCUT2D eigenvalue weighted by Gasteiger charge is 2.16. The first-order chi connectivity index (χ1) is 13.0. The molecule has 0 aliphatic rings. The van der Waals surface area contributed by atoms with E-state index < -0.39 is 11.2 Å². The largest absolute Gasteiger partial charge is 0.444 e. The zero-order valence-corrected chi connectivity index (χ0v) is 18.9. The van der Waals surface area contributed by atoms with Crippen LogP contribution in [0.15, 0.2) is 0 Å². The van der Waals surface area contributed by atoms with Crippen LogP contribution in [0.3, 0.4) is 0 Å². The van der Waals surface area contributed by atoms with Crippen molar-refractivity contribution in [2.24, 2.45) is 0 Å². The van der Waals surface area contributed by atoms with Crippen LogP contribution in [0.5, 0.6) is 0 Å². The van der Waals surface area contributed by atoms with Gasteiger partial charge in [-0.1, -0.05) is 25.7 Å². The summed E-state index contributed by atoms with van der Waals surface area (Å²) in [6.45, 7) is 14.4. The molecule has 0 bridgehead atoms. The van der Waals surface area contributed by atoms with Gasteiger partial charge in [-0.2, -0.15) is 0 Å². The molecule has 7 nitrogen and oxygen atoms in total. The summed E-state index contributed by atoms with van der Waals surface area (Å²) in [6, 6.07) is 0. The van der Waals surface area contributed by atoms with E-state index in [1.165, 1.54) is 19.3 Å². The van der Waals surface area contributed by atoms with Crippen LogP contribution < -0.4 is 16.0 Å². The number of hydrogen-bond donors (Lipinski definition) is 3. The van der Waals surface area contributed by atoms with E-state index in [9.17, 15) is 9.59 Å². The zero-order valence-electron chi connectivity index (χ0n) is 18.9. The average Bonchev–Trinajstić information content (AvgIpc) is 2.51. The summed E-state index contributed by atoms with van der Waals surface area (Å²) in [5.74, 6) is 0. The minimum atomic E-state index is -0.447. The van der Waals surface area contributed by atoms with Gasteiger partial charge in [0.1, 0.15) is 11.2 Å². The van der Waals surface area contributed by atoms with E-state index in [1.807, 2.05) is 41.5 Å². The van der Waals surface area contributed by atoms with Gasteiger partial charge in [0, 0.05) is 13.1 Å². The van der Waals surface area contributed by atoms with Crippen LogP contribution in [0, 0.1) is 0 Å². The fraction of sp³-hybridized carbons (Fsp3) is 0.905. The molecule has 0 saturated heterocycles. The Labute approximate surface area is 171 Å². The molecule has 0 unspecified atom stereocenters. The van der Waals surface area contributed by atoms with E-state index in [1.54, 1.807) is 0 Å². The van der Waals surface area contributed by atoms with Crippen LogP contribution in [0.4, 0.5) is 9.59 Å². The molecule has 0 aromatic rings. The van der Waals surface area contributed by atoms with Gasteiger partial charge < -0.3 is 25.4 Å². The Morgan fingerprint density at radius 1 is 0.571 bits per heavy atom. The molecule has 7 heteroatoms. The molecule has 0 aliphatic heterocycles. The van der Waals surface area contributed by atoms with Crippen molar-refractivity contribution in [1.82, 2.24) is 16.0 Å². The highest BCUT2D eigenvalue weighted by molar-refractivity contribution is 5.67. The van der Waals surface area contributed by atoms with Crippen molar-refractivity contribution in [2.75, 3.05) is 26.2 Å². The SMILES string of the molecule is CC(C)(C)OC(=O)NCCCCCCCCNCCCNC(=O)OC(C)(C)C. The van der Waals surface area contributed by atoms with Gasteiger partial charge in [-0.3, -0.25) is 0 Å². The van der Waals surface area contributed by atoms with Gasteiger partial charge >= 0.3 is 12.2 Å². The topological polar surface area (TPSA) is 88.7 Å². The van der Waals surface area contributed by atoms with Crippen LogP contribution in [0.25, 0.3) is 0 Å². The smallest absolute Gasteiger partial charge is 0.407 e. The maximum atomic E-state index is 11.5. The minimum absolute atomic E-state index is 0.333. The maximum absolute atomic E-state index is 11.5. The lowest BCUT2D eigenvalue weighted by atomic mass is 10.1. The number of amides is 2. The summed E-state index contributed by atoms with van der Waals surface area (Å²) in [5, 5.41) is 8.94. The summed E-state index contributed by atoms with van der Waals surface area (Å²) in [4.78, 5) is 22.9. The monoisotopic (exact) mass is 401 g/mol. The fourth-order valence-electron chi connectivity index (χ4n) is 2.43. The van der Waals surface area contributed by atoms with Crippen molar-refractivity contribution < 1.29 is 19.1 Å². The normalized spacial score (nSPS) is 11.8. The van der Waals surface area contributed by atoms with Crippen LogP contribution in [-0.4, -0.2) is 49.6 Å². The summed E-state index contributed by atoms with van der Waals surface area (Å²) in [7, 11) is 0. The minimum Gasteiger partial charge on any atom is -0.444 e. The van der Waals surface area contributed by atoms with Crippen LogP contribution in [0.2, 0.25) is 0 Å². The van der Waals surface area contributed by atoms with E-state index in [0.717, 1.165) is 38.8 Å². The number of carbonyl (C=O) groups excluding carboxylic acids is 2. The third-order valence-electron chi connectivity index (χ3n) is 3.65. The second-order valence-electron chi connectivity index (χ2n) is 9.08. The molecule has 0 aliphatic carbocycles. The first kappa shape index (κ1) is 26.5. The van der Waals surface area contributed by atoms with Gasteiger partial charge in [-0.25, -0.2) is 9.59 Å². The van der Waals surface area contributed by atoms with Gasteiger partial charge in [0.15, 0.2) is 0 Å². The van der Waals surface area contributed by atoms with E-state index in [2.05, 4.69) is 16.0 Å².